The average Bonchev–Trinajstić information content (AvgIpc) is 3.31. The van der Waals surface area contributed by atoms with Crippen molar-refractivity contribution in [1.29, 1.82) is 0 Å². The van der Waals surface area contributed by atoms with E-state index in [0.29, 0.717) is 33.0 Å². The Morgan fingerprint density at radius 1 is 0.348 bits per heavy atom. The van der Waals surface area contributed by atoms with Crippen molar-refractivity contribution in [2.45, 2.75) is 220 Å². The summed E-state index contributed by atoms with van der Waals surface area (Å²) in [7, 11) is 0. The summed E-state index contributed by atoms with van der Waals surface area (Å²) in [6, 6.07) is 11.5. The van der Waals surface area contributed by atoms with Crippen LogP contribution in [0.3, 0.4) is 0 Å². The van der Waals surface area contributed by atoms with Gasteiger partial charge in [-0.05, 0) is 60.7 Å². The van der Waals surface area contributed by atoms with Crippen LogP contribution in [0.4, 0.5) is 0 Å². The second-order valence-electron chi connectivity index (χ2n) is 19.9. The smallest absolute Gasteiger partial charge is 0.261 e. The Bertz CT molecular complexity index is 2290. The Balaban J connectivity index is 1.26. The second kappa shape index (κ2) is 24.3. The molecule has 356 valence electrons. The van der Waals surface area contributed by atoms with Crippen molar-refractivity contribution >= 4 is 98.6 Å². The number of unbranched alkanes of at least 4 members (excludes halogenated alkanes) is 20. The van der Waals surface area contributed by atoms with Crippen LogP contribution in [0.25, 0.3) is 43.1 Å². The maximum atomic E-state index is 14.9. The van der Waals surface area contributed by atoms with E-state index in [9.17, 15) is 19.2 Å². The standard InChI is InChI=1S/C58H76Br2N2O4/c1-5-9-13-17-21-25-29-39(30-26-22-18-14-10-6-2)61-55(63)43-35-33-41-52-48(60)38-46-50-44(36-34-42(54(50)52)51-47(59)37-45(57(61)65)49(43)53(41)51)56(64)62(58(46)66)40(31-27-23-19-15-11-7-3)32-28-24-20-16-12-8-4/h33-40H,5-32H2,1-4H3. The number of fused-ring (bicyclic) bond motifs is 2. The van der Waals surface area contributed by atoms with Crippen molar-refractivity contribution in [3.8, 4) is 0 Å². The van der Waals surface area contributed by atoms with Crippen molar-refractivity contribution in [2.75, 3.05) is 0 Å². The number of rotatable bonds is 30. The summed E-state index contributed by atoms with van der Waals surface area (Å²) >= 11 is 7.93. The Hall–Kier alpha value is -3.36. The molecule has 0 aliphatic carbocycles. The van der Waals surface area contributed by atoms with Gasteiger partial charge < -0.3 is 0 Å². The summed E-state index contributed by atoms with van der Waals surface area (Å²) in [4.78, 5) is 62.8. The lowest BCUT2D eigenvalue weighted by Gasteiger charge is -2.36. The molecule has 5 aromatic carbocycles. The van der Waals surface area contributed by atoms with E-state index in [-0.39, 0.29) is 35.7 Å². The summed E-state index contributed by atoms with van der Waals surface area (Å²) in [6.45, 7) is 8.95. The summed E-state index contributed by atoms with van der Waals surface area (Å²) in [5.74, 6) is -0.808. The molecule has 0 aromatic heterocycles. The van der Waals surface area contributed by atoms with Crippen LogP contribution in [-0.2, 0) is 0 Å². The normalized spacial score (nSPS) is 14.1. The van der Waals surface area contributed by atoms with Gasteiger partial charge >= 0.3 is 0 Å². The Labute approximate surface area is 412 Å². The minimum Gasteiger partial charge on any atom is -0.271 e. The quantitative estimate of drug-likeness (QED) is 0.0199. The molecule has 0 saturated heterocycles. The minimum atomic E-state index is -0.207. The third kappa shape index (κ3) is 10.6. The third-order valence-electron chi connectivity index (χ3n) is 15.1. The zero-order valence-electron chi connectivity index (χ0n) is 40.7. The van der Waals surface area contributed by atoms with Crippen LogP contribution < -0.4 is 0 Å². The van der Waals surface area contributed by atoms with Crippen molar-refractivity contribution in [3.63, 3.8) is 0 Å². The Morgan fingerprint density at radius 2 is 0.621 bits per heavy atom. The molecule has 0 radical (unpaired) electrons. The molecule has 7 rings (SSSR count). The molecule has 2 aliphatic heterocycles. The highest BCUT2D eigenvalue weighted by molar-refractivity contribution is 9.11. The predicted octanol–water partition coefficient (Wildman–Crippen LogP) is 18.2. The fourth-order valence-electron chi connectivity index (χ4n) is 11.5. The zero-order chi connectivity index (χ0) is 46.7. The topological polar surface area (TPSA) is 74.8 Å². The first kappa shape index (κ1) is 50.5. The molecule has 8 heteroatoms. The number of nitrogens with zero attached hydrogens (tertiary/aromatic N) is 2. The third-order valence-corrected chi connectivity index (χ3v) is 16.3. The zero-order valence-corrected chi connectivity index (χ0v) is 43.9. The van der Waals surface area contributed by atoms with Crippen molar-refractivity contribution < 1.29 is 19.2 Å². The number of carbonyl (C=O) groups excluding carboxylic acids is 4. The number of benzene rings is 5. The van der Waals surface area contributed by atoms with E-state index in [0.717, 1.165) is 118 Å². The van der Waals surface area contributed by atoms with Gasteiger partial charge in [-0.3, -0.25) is 29.0 Å². The highest BCUT2D eigenvalue weighted by atomic mass is 79.9. The first-order chi connectivity index (χ1) is 32.2. The number of amides is 4. The van der Waals surface area contributed by atoms with Gasteiger partial charge in [0.2, 0.25) is 0 Å². The van der Waals surface area contributed by atoms with Gasteiger partial charge in [-0.1, -0.05) is 226 Å². The molecular weight excluding hydrogens is 948 g/mol. The van der Waals surface area contributed by atoms with Crippen LogP contribution in [0.1, 0.15) is 249 Å². The first-order valence-electron chi connectivity index (χ1n) is 26.5. The van der Waals surface area contributed by atoms with E-state index in [4.69, 9.17) is 0 Å². The molecule has 0 bridgehead atoms. The fraction of sp³-hybridized carbons (Fsp3) is 0.586. The van der Waals surface area contributed by atoms with Gasteiger partial charge in [0, 0.05) is 75.6 Å². The van der Waals surface area contributed by atoms with Gasteiger partial charge in [0.1, 0.15) is 0 Å². The van der Waals surface area contributed by atoms with Gasteiger partial charge in [-0.25, -0.2) is 0 Å². The SMILES string of the molecule is CCCCCCCCC(CCCCCCCC)N1C(=O)c2ccc3c4c(Br)cc5c6c(ccc(c7c(Br)cc(c2c37)C1=O)c64)C(=O)N(C(CCCCCCCC)CCCCCCCC)C5=O. The van der Waals surface area contributed by atoms with E-state index in [2.05, 4.69) is 59.6 Å². The highest BCUT2D eigenvalue weighted by Crippen LogP contribution is 2.51. The number of hydrogen-bond donors (Lipinski definition) is 0. The molecule has 2 heterocycles. The van der Waals surface area contributed by atoms with Gasteiger partial charge in [-0.2, -0.15) is 0 Å². The van der Waals surface area contributed by atoms with E-state index >= 15 is 0 Å². The van der Waals surface area contributed by atoms with E-state index < -0.39 is 0 Å². The Morgan fingerprint density at radius 3 is 0.924 bits per heavy atom. The van der Waals surface area contributed by atoms with Gasteiger partial charge in [0.05, 0.1) is 0 Å². The first-order valence-corrected chi connectivity index (χ1v) is 28.1. The molecule has 0 spiro atoms. The molecule has 2 aliphatic rings. The maximum absolute atomic E-state index is 14.9. The van der Waals surface area contributed by atoms with Crippen molar-refractivity contribution in [3.05, 3.63) is 67.6 Å². The van der Waals surface area contributed by atoms with Crippen LogP contribution in [0.15, 0.2) is 45.3 Å². The van der Waals surface area contributed by atoms with Crippen molar-refractivity contribution in [2.24, 2.45) is 0 Å². The van der Waals surface area contributed by atoms with E-state index in [1.807, 2.05) is 36.4 Å². The minimum absolute atomic E-state index is 0.145. The molecule has 0 unspecified atom stereocenters. The lowest BCUT2D eigenvalue weighted by atomic mass is 9.81. The summed E-state index contributed by atoms with van der Waals surface area (Å²) in [6.07, 6.45) is 31.3. The predicted molar refractivity (Wildman–Crippen MR) is 284 cm³/mol. The number of imide groups is 2. The summed E-state index contributed by atoms with van der Waals surface area (Å²) in [5, 5.41) is 6.71. The van der Waals surface area contributed by atoms with Gasteiger partial charge in [0.25, 0.3) is 23.6 Å². The molecule has 4 amide bonds. The number of halogens is 2. The van der Waals surface area contributed by atoms with Crippen LogP contribution >= 0.6 is 31.9 Å². The second-order valence-corrected chi connectivity index (χ2v) is 21.6. The summed E-state index contributed by atoms with van der Waals surface area (Å²) in [5.41, 5.74) is 2.25. The number of hydrogen-bond acceptors (Lipinski definition) is 4. The molecule has 66 heavy (non-hydrogen) atoms. The van der Waals surface area contributed by atoms with Crippen LogP contribution in [0.5, 0.6) is 0 Å². The van der Waals surface area contributed by atoms with Crippen LogP contribution in [0.2, 0.25) is 0 Å². The molecule has 5 aromatic rings. The lowest BCUT2D eigenvalue weighted by molar-refractivity contribution is 0.0501. The van der Waals surface area contributed by atoms with Gasteiger partial charge in [0.15, 0.2) is 0 Å². The monoisotopic (exact) mass is 1020 g/mol. The molecule has 0 N–H and O–H groups in total. The molecular formula is C58H76Br2N2O4. The number of carbonyl (C=O) groups is 4. The largest absolute Gasteiger partial charge is 0.271 e. The van der Waals surface area contributed by atoms with E-state index in [1.54, 1.807) is 9.80 Å². The molecule has 0 fully saturated rings. The molecule has 0 saturated carbocycles. The van der Waals surface area contributed by atoms with Crippen molar-refractivity contribution in [1.82, 2.24) is 9.80 Å². The molecule has 0 atom stereocenters. The van der Waals surface area contributed by atoms with Crippen LogP contribution in [-0.4, -0.2) is 45.5 Å². The maximum Gasteiger partial charge on any atom is 0.261 e. The highest BCUT2D eigenvalue weighted by Gasteiger charge is 2.41. The van der Waals surface area contributed by atoms with E-state index in [1.165, 1.54) is 103 Å². The fourth-order valence-corrected chi connectivity index (χ4v) is 12.8. The summed E-state index contributed by atoms with van der Waals surface area (Å²) < 4.78 is 1.54. The van der Waals surface area contributed by atoms with Gasteiger partial charge in [-0.15, -0.1) is 0 Å². The lowest BCUT2D eigenvalue weighted by Crippen LogP contribution is -2.47. The Kier molecular flexibility index (Phi) is 18.6. The molecule has 6 nitrogen and oxygen atoms in total. The van der Waals surface area contributed by atoms with Crippen LogP contribution in [0, 0.1) is 0 Å². The average molecular weight is 1030 g/mol.